The first kappa shape index (κ1) is 20.8. The molecule has 31 heavy (non-hydrogen) atoms. The summed E-state index contributed by atoms with van der Waals surface area (Å²) in [6.45, 7) is 6.32. The number of hydrogen-bond acceptors (Lipinski definition) is 8. The molecule has 3 fully saturated rings. The van der Waals surface area contributed by atoms with Crippen molar-refractivity contribution in [3.05, 3.63) is 35.4 Å². The summed E-state index contributed by atoms with van der Waals surface area (Å²) in [6.07, 6.45) is 9.91. The van der Waals surface area contributed by atoms with Crippen LogP contribution in [0.3, 0.4) is 0 Å². The van der Waals surface area contributed by atoms with E-state index >= 15 is 0 Å². The number of morpholine rings is 1. The predicted molar refractivity (Wildman–Crippen MR) is 121 cm³/mol. The molecular weight excluding hydrogens is 414 g/mol. The molecule has 4 aliphatic heterocycles. The fraction of sp³-hybridized carbons (Fsp3) is 0.636. The maximum absolute atomic E-state index is 5.47. The normalized spacial score (nSPS) is 25.4. The average molecular weight is 444 g/mol. The van der Waals surface area contributed by atoms with E-state index in [0.717, 1.165) is 69.9 Å². The van der Waals surface area contributed by atoms with E-state index in [-0.39, 0.29) is 12.4 Å². The zero-order chi connectivity index (χ0) is 19.9. The Labute approximate surface area is 189 Å². The van der Waals surface area contributed by atoms with Gasteiger partial charge in [-0.05, 0) is 31.7 Å². The van der Waals surface area contributed by atoms with Crippen molar-refractivity contribution in [2.45, 2.75) is 50.7 Å². The molecule has 0 N–H and O–H groups in total. The number of ether oxygens (including phenoxy) is 1. The SMILES string of the molecule is Cl.c1cc(CN2C3CCC2c2cnc(N4CCOCC4)nc2C3)nc(N2CCCC2)n1. The summed E-state index contributed by atoms with van der Waals surface area (Å²) >= 11 is 0. The Balaban J connectivity index is 0.00000204. The number of rotatable bonds is 4. The van der Waals surface area contributed by atoms with Gasteiger partial charge in [-0.15, -0.1) is 12.4 Å². The lowest BCUT2D eigenvalue weighted by Crippen LogP contribution is -2.40. The molecule has 166 valence electrons. The van der Waals surface area contributed by atoms with E-state index in [4.69, 9.17) is 19.7 Å². The first-order valence-electron chi connectivity index (χ1n) is 11.4. The Hall–Kier alpha value is -2.03. The number of fused-ring (bicyclic) bond motifs is 4. The monoisotopic (exact) mass is 443 g/mol. The maximum Gasteiger partial charge on any atom is 0.225 e. The molecule has 0 radical (unpaired) electrons. The van der Waals surface area contributed by atoms with Crippen molar-refractivity contribution < 1.29 is 4.74 Å². The predicted octanol–water partition coefficient (Wildman–Crippen LogP) is 2.39. The van der Waals surface area contributed by atoms with E-state index < -0.39 is 0 Å². The largest absolute Gasteiger partial charge is 0.378 e. The van der Waals surface area contributed by atoms with Crippen molar-refractivity contribution in [1.29, 1.82) is 0 Å². The third kappa shape index (κ3) is 3.97. The molecule has 0 aliphatic carbocycles. The summed E-state index contributed by atoms with van der Waals surface area (Å²) in [5.41, 5.74) is 3.68. The summed E-state index contributed by atoms with van der Waals surface area (Å²) < 4.78 is 5.47. The Kier molecular flexibility index (Phi) is 5.95. The molecule has 2 unspecified atom stereocenters. The minimum Gasteiger partial charge on any atom is -0.378 e. The molecule has 9 heteroatoms. The Morgan fingerprint density at radius 1 is 0.935 bits per heavy atom. The number of nitrogens with zero attached hydrogens (tertiary/aromatic N) is 7. The van der Waals surface area contributed by atoms with Crippen molar-refractivity contribution in [3.8, 4) is 0 Å². The topological polar surface area (TPSA) is 70.5 Å². The highest BCUT2D eigenvalue weighted by molar-refractivity contribution is 5.85. The molecule has 2 aromatic heterocycles. The highest BCUT2D eigenvalue weighted by atomic mass is 35.5. The van der Waals surface area contributed by atoms with Crippen molar-refractivity contribution in [2.24, 2.45) is 0 Å². The summed E-state index contributed by atoms with van der Waals surface area (Å²) in [6, 6.07) is 3.02. The first-order valence-corrected chi connectivity index (χ1v) is 11.4. The maximum atomic E-state index is 5.47. The molecule has 2 bridgehead atoms. The van der Waals surface area contributed by atoms with Crippen LogP contribution in [0.2, 0.25) is 0 Å². The zero-order valence-electron chi connectivity index (χ0n) is 17.8. The van der Waals surface area contributed by atoms with Gasteiger partial charge in [0, 0.05) is 69.2 Å². The fourth-order valence-corrected chi connectivity index (χ4v) is 5.45. The standard InChI is InChI=1S/C22H29N7O.ClH/c1-2-8-27(7-1)21-23-6-5-16(25-21)15-29-17-3-4-20(29)18-14-24-22(26-19(18)13-17)28-9-11-30-12-10-28;/h5-6,14,17,20H,1-4,7-13,15H2;1H. The van der Waals surface area contributed by atoms with Gasteiger partial charge in [-0.1, -0.05) is 0 Å². The minimum absolute atomic E-state index is 0. The molecule has 4 aliphatic rings. The second kappa shape index (κ2) is 8.84. The van der Waals surface area contributed by atoms with Crippen LogP contribution in [0.1, 0.15) is 48.7 Å². The van der Waals surface area contributed by atoms with Crippen LogP contribution in [-0.2, 0) is 17.7 Å². The first-order chi connectivity index (χ1) is 14.8. The van der Waals surface area contributed by atoms with Gasteiger partial charge in [0.25, 0.3) is 0 Å². The lowest BCUT2D eigenvalue weighted by atomic mass is 9.99. The van der Waals surface area contributed by atoms with Gasteiger partial charge in [0.05, 0.1) is 24.6 Å². The van der Waals surface area contributed by atoms with Gasteiger partial charge < -0.3 is 14.5 Å². The van der Waals surface area contributed by atoms with Crippen LogP contribution in [-0.4, -0.2) is 70.3 Å². The van der Waals surface area contributed by atoms with E-state index in [2.05, 4.69) is 31.9 Å². The molecule has 3 saturated heterocycles. The molecule has 2 aromatic rings. The van der Waals surface area contributed by atoms with Gasteiger partial charge in [0.1, 0.15) is 0 Å². The van der Waals surface area contributed by atoms with Gasteiger partial charge in [0.15, 0.2) is 0 Å². The molecule has 8 nitrogen and oxygen atoms in total. The molecular formula is C22H30ClN7O. The minimum atomic E-state index is 0. The van der Waals surface area contributed by atoms with E-state index in [9.17, 15) is 0 Å². The third-order valence-corrected chi connectivity index (χ3v) is 7.05. The summed E-state index contributed by atoms with van der Waals surface area (Å²) in [4.78, 5) is 26.3. The molecule has 0 spiro atoms. The van der Waals surface area contributed by atoms with Crippen LogP contribution in [0.25, 0.3) is 0 Å². The Morgan fingerprint density at radius 3 is 2.55 bits per heavy atom. The van der Waals surface area contributed by atoms with Crippen LogP contribution in [0.5, 0.6) is 0 Å². The number of aromatic nitrogens is 4. The molecule has 0 saturated carbocycles. The van der Waals surface area contributed by atoms with Gasteiger partial charge in [-0.2, -0.15) is 0 Å². The molecule has 6 heterocycles. The third-order valence-electron chi connectivity index (χ3n) is 7.05. The summed E-state index contributed by atoms with van der Waals surface area (Å²) in [5.74, 6) is 1.77. The second-order valence-corrected chi connectivity index (χ2v) is 8.84. The number of anilines is 2. The van der Waals surface area contributed by atoms with Crippen LogP contribution in [0.15, 0.2) is 18.5 Å². The smallest absolute Gasteiger partial charge is 0.225 e. The lowest BCUT2D eigenvalue weighted by Gasteiger charge is -2.36. The van der Waals surface area contributed by atoms with E-state index in [0.29, 0.717) is 12.1 Å². The van der Waals surface area contributed by atoms with Gasteiger partial charge in [-0.3, -0.25) is 4.90 Å². The van der Waals surface area contributed by atoms with Gasteiger partial charge in [-0.25, -0.2) is 19.9 Å². The molecule has 6 rings (SSSR count). The van der Waals surface area contributed by atoms with Crippen LogP contribution in [0.4, 0.5) is 11.9 Å². The summed E-state index contributed by atoms with van der Waals surface area (Å²) in [7, 11) is 0. The Morgan fingerprint density at radius 2 is 1.71 bits per heavy atom. The van der Waals surface area contributed by atoms with Crippen LogP contribution < -0.4 is 9.80 Å². The van der Waals surface area contributed by atoms with Gasteiger partial charge in [0.2, 0.25) is 11.9 Å². The molecule has 2 atom stereocenters. The van der Waals surface area contributed by atoms with E-state index in [1.165, 1.54) is 36.9 Å². The fourth-order valence-electron chi connectivity index (χ4n) is 5.45. The quantitative estimate of drug-likeness (QED) is 0.713. The van der Waals surface area contributed by atoms with Crippen molar-refractivity contribution >= 4 is 24.3 Å². The highest BCUT2D eigenvalue weighted by Gasteiger charge is 2.41. The Bertz CT molecular complexity index is 916. The van der Waals surface area contributed by atoms with E-state index in [1.807, 2.05) is 6.20 Å². The van der Waals surface area contributed by atoms with Gasteiger partial charge >= 0.3 is 0 Å². The average Bonchev–Trinajstić information content (AvgIpc) is 3.42. The molecule has 0 aromatic carbocycles. The summed E-state index contributed by atoms with van der Waals surface area (Å²) in [5, 5.41) is 0. The van der Waals surface area contributed by atoms with Crippen molar-refractivity contribution in [1.82, 2.24) is 24.8 Å². The second-order valence-electron chi connectivity index (χ2n) is 8.84. The molecule has 0 amide bonds. The van der Waals surface area contributed by atoms with Crippen LogP contribution >= 0.6 is 12.4 Å². The number of hydrogen-bond donors (Lipinski definition) is 0. The van der Waals surface area contributed by atoms with Crippen molar-refractivity contribution in [2.75, 3.05) is 49.2 Å². The number of halogens is 1. The van der Waals surface area contributed by atoms with Crippen LogP contribution in [0, 0.1) is 0 Å². The zero-order valence-corrected chi connectivity index (χ0v) is 18.6. The highest BCUT2D eigenvalue weighted by Crippen LogP contribution is 2.44. The van der Waals surface area contributed by atoms with E-state index in [1.54, 1.807) is 0 Å². The lowest BCUT2D eigenvalue weighted by molar-refractivity contribution is 0.122. The van der Waals surface area contributed by atoms with Crippen molar-refractivity contribution in [3.63, 3.8) is 0 Å².